The molecule has 2 heterocycles. The van der Waals surface area contributed by atoms with Crippen LogP contribution in [0.5, 0.6) is 0 Å². The average Bonchev–Trinajstić information content (AvgIpc) is 3.16. The molecule has 1 aromatic heterocycles. The van der Waals surface area contributed by atoms with Gasteiger partial charge in [-0.15, -0.1) is 0 Å². The van der Waals surface area contributed by atoms with Gasteiger partial charge in [-0.05, 0) is 48.8 Å². The molecule has 45 heavy (non-hydrogen) atoms. The summed E-state index contributed by atoms with van der Waals surface area (Å²) in [6.07, 6.45) is 6.58. The zero-order chi connectivity index (χ0) is 33.1. The second-order valence-corrected chi connectivity index (χ2v) is 13.3. The van der Waals surface area contributed by atoms with Crippen LogP contribution in [0.3, 0.4) is 0 Å². The van der Waals surface area contributed by atoms with E-state index in [1.54, 1.807) is 0 Å². The fourth-order valence-corrected chi connectivity index (χ4v) is 7.70. The van der Waals surface area contributed by atoms with E-state index in [1.165, 1.54) is 53.4 Å². The maximum Gasteiger partial charge on any atom is 0.336 e. The Kier molecular flexibility index (Phi) is 10.6. The average molecular weight is 631 g/mol. The Bertz CT molecular complexity index is 1390. The number of H-pyrrole nitrogens is 1. The second-order valence-electron chi connectivity index (χ2n) is 13.3. The molecule has 0 amide bonds. The maximum atomic E-state index is 12.0. The van der Waals surface area contributed by atoms with Crippen LogP contribution in [0, 0.1) is 11.8 Å². The normalized spacial score (nSPS) is 23.0. The van der Waals surface area contributed by atoms with Crippen molar-refractivity contribution < 1.29 is 49.4 Å². The van der Waals surface area contributed by atoms with Crippen LogP contribution in [0.15, 0.2) is 18.2 Å². The number of hydrogen-bond acceptors (Lipinski definition) is 7. The van der Waals surface area contributed by atoms with Crippen molar-refractivity contribution in [1.82, 2.24) is 9.88 Å². The molecule has 6 N–H and O–H groups in total. The smallest absolute Gasteiger partial charge is 0.336 e. The molecule has 5 rings (SSSR count). The van der Waals surface area contributed by atoms with Gasteiger partial charge in [0, 0.05) is 43.1 Å². The number of rotatable bonds is 10. The van der Waals surface area contributed by atoms with Crippen LogP contribution in [0.25, 0.3) is 10.9 Å². The summed E-state index contributed by atoms with van der Waals surface area (Å²) in [5.74, 6) is -5.18. The highest BCUT2D eigenvalue weighted by atomic mass is 16.5. The van der Waals surface area contributed by atoms with Gasteiger partial charge < -0.3 is 35.3 Å². The molecular formula is C33H46N2O10. The minimum Gasteiger partial charge on any atom is -0.481 e. The molecule has 1 unspecified atom stereocenters. The molecule has 12 nitrogen and oxygen atoms in total. The Morgan fingerprint density at radius 1 is 1.02 bits per heavy atom. The molecule has 2 aliphatic carbocycles. The van der Waals surface area contributed by atoms with Crippen molar-refractivity contribution in [2.75, 3.05) is 20.2 Å². The Hall–Kier alpha value is -3.48. The second kappa shape index (κ2) is 13.9. The van der Waals surface area contributed by atoms with Crippen molar-refractivity contribution in [3.8, 4) is 0 Å². The van der Waals surface area contributed by atoms with E-state index in [9.17, 15) is 24.3 Å². The highest BCUT2D eigenvalue weighted by Crippen LogP contribution is 2.50. The summed E-state index contributed by atoms with van der Waals surface area (Å²) >= 11 is 0. The number of carboxylic acid groups (broad SMARTS) is 4. The molecule has 3 atom stereocenters. The van der Waals surface area contributed by atoms with Gasteiger partial charge in [-0.25, -0.2) is 4.79 Å². The summed E-state index contributed by atoms with van der Waals surface area (Å²) in [7, 11) is 1.89. The Balaban J connectivity index is 0.000000302. The van der Waals surface area contributed by atoms with E-state index in [-0.39, 0.29) is 17.4 Å². The topological polar surface area (TPSA) is 198 Å². The third kappa shape index (κ3) is 7.34. The van der Waals surface area contributed by atoms with E-state index in [0.717, 1.165) is 32.2 Å². The van der Waals surface area contributed by atoms with Crippen LogP contribution >= 0.6 is 0 Å². The minimum atomic E-state index is -2.74. The Labute approximate surface area is 262 Å². The van der Waals surface area contributed by atoms with E-state index in [0.29, 0.717) is 18.5 Å². The summed E-state index contributed by atoms with van der Waals surface area (Å²) in [5.41, 5.74) is 2.31. The summed E-state index contributed by atoms with van der Waals surface area (Å²) < 4.78 is 6.33. The largest absolute Gasteiger partial charge is 0.481 e. The summed E-state index contributed by atoms with van der Waals surface area (Å²) in [6, 6.07) is 6.95. The zero-order valence-electron chi connectivity index (χ0n) is 26.3. The number of carboxylic acids is 4. The molecule has 1 aliphatic heterocycles. The quantitative estimate of drug-likeness (QED) is 0.206. The van der Waals surface area contributed by atoms with Crippen LogP contribution in [-0.2, 0) is 35.9 Å². The van der Waals surface area contributed by atoms with Crippen molar-refractivity contribution in [1.29, 1.82) is 0 Å². The first-order valence-electron chi connectivity index (χ1n) is 15.8. The molecule has 248 valence electrons. The third-order valence-electron chi connectivity index (χ3n) is 9.69. The molecule has 1 aromatic carbocycles. The Morgan fingerprint density at radius 2 is 1.64 bits per heavy atom. The predicted octanol–water partition coefficient (Wildman–Crippen LogP) is 4.19. The zero-order valence-corrected chi connectivity index (χ0v) is 26.3. The summed E-state index contributed by atoms with van der Waals surface area (Å²) in [4.78, 5) is 48.8. The monoisotopic (exact) mass is 630 g/mol. The van der Waals surface area contributed by atoms with Gasteiger partial charge in [-0.3, -0.25) is 19.3 Å². The summed E-state index contributed by atoms with van der Waals surface area (Å²) in [6.45, 7) is 6.09. The highest BCUT2D eigenvalue weighted by Gasteiger charge is 2.46. The third-order valence-corrected chi connectivity index (χ3v) is 9.69. The van der Waals surface area contributed by atoms with Gasteiger partial charge in [0.2, 0.25) is 0 Å². The van der Waals surface area contributed by atoms with Gasteiger partial charge in [0.1, 0.15) is 5.60 Å². The molecule has 2 aromatic rings. The number of aromatic nitrogens is 1. The van der Waals surface area contributed by atoms with Crippen molar-refractivity contribution in [3.05, 3.63) is 35.0 Å². The first-order chi connectivity index (χ1) is 21.2. The van der Waals surface area contributed by atoms with Gasteiger partial charge in [-0.2, -0.15) is 0 Å². The lowest BCUT2D eigenvalue weighted by molar-refractivity contribution is -0.170. The van der Waals surface area contributed by atoms with E-state index >= 15 is 0 Å². The van der Waals surface area contributed by atoms with Crippen LogP contribution in [0.2, 0.25) is 0 Å². The first kappa shape index (κ1) is 34.4. The molecule has 1 saturated carbocycles. The van der Waals surface area contributed by atoms with E-state index in [4.69, 9.17) is 25.2 Å². The highest BCUT2D eigenvalue weighted by molar-refractivity contribution is 5.90. The van der Waals surface area contributed by atoms with Crippen LogP contribution < -0.4 is 0 Å². The number of nitrogens with zero attached hydrogens (tertiary/aromatic N) is 1. The maximum absolute atomic E-state index is 12.0. The van der Waals surface area contributed by atoms with E-state index in [2.05, 4.69) is 41.9 Å². The number of ether oxygens (including phenoxy) is 1. The number of hydrogen-bond donors (Lipinski definition) is 6. The number of aliphatic hydroxyl groups is 1. The van der Waals surface area contributed by atoms with Gasteiger partial charge in [-0.1, -0.05) is 51.7 Å². The van der Waals surface area contributed by atoms with Gasteiger partial charge in [0.25, 0.3) is 0 Å². The molecule has 12 heteroatoms. The van der Waals surface area contributed by atoms with Crippen molar-refractivity contribution in [2.24, 2.45) is 11.8 Å². The van der Waals surface area contributed by atoms with Crippen molar-refractivity contribution >= 4 is 34.8 Å². The number of benzene rings is 1. The summed E-state index contributed by atoms with van der Waals surface area (Å²) in [5, 5.41) is 45.0. The van der Waals surface area contributed by atoms with E-state index in [1.807, 2.05) is 7.11 Å². The predicted molar refractivity (Wildman–Crippen MR) is 164 cm³/mol. The number of carbonyl (C=O) groups is 4. The fraction of sp³-hybridized carbons (Fsp3) is 0.636. The van der Waals surface area contributed by atoms with Crippen LogP contribution in [0.1, 0.15) is 94.4 Å². The van der Waals surface area contributed by atoms with Crippen molar-refractivity contribution in [2.45, 2.75) is 101 Å². The molecular weight excluding hydrogens is 584 g/mol. The number of nitrogens with one attached hydrogen (secondary N) is 1. The molecule has 3 aliphatic rings. The lowest BCUT2D eigenvalue weighted by Gasteiger charge is -2.47. The first-order valence-corrected chi connectivity index (χ1v) is 15.8. The van der Waals surface area contributed by atoms with Crippen molar-refractivity contribution in [3.63, 3.8) is 0 Å². The van der Waals surface area contributed by atoms with Gasteiger partial charge in [0.05, 0.1) is 24.5 Å². The molecule has 1 saturated heterocycles. The number of aromatic amines is 1. The van der Waals surface area contributed by atoms with Gasteiger partial charge in [0.15, 0.2) is 5.60 Å². The molecule has 0 spiro atoms. The lowest BCUT2D eigenvalue weighted by atomic mass is 9.70. The molecule has 2 fully saturated rings. The number of fused-ring (bicyclic) bond motifs is 2. The fourth-order valence-electron chi connectivity index (χ4n) is 7.70. The minimum absolute atomic E-state index is 0.226. The number of likely N-dealkylation sites (tertiary alicyclic amines) is 1. The van der Waals surface area contributed by atoms with Crippen LogP contribution in [-0.4, -0.2) is 91.1 Å². The molecule has 0 radical (unpaired) electrons. The van der Waals surface area contributed by atoms with Crippen LogP contribution in [0.4, 0.5) is 0 Å². The number of methoxy groups -OCH3 is 1. The number of piperidine rings is 1. The van der Waals surface area contributed by atoms with Gasteiger partial charge >= 0.3 is 23.9 Å². The SMILES string of the molecule is COC1(c2[nH]c3cccc4c3c2C[C@@H]2[C@@H]4CC(C(=O)O)CN2CC(C)C)CCCCCC1.O=C(O)CC(O)(CC(=O)O)C(=O)O. The van der Waals surface area contributed by atoms with E-state index < -0.39 is 42.3 Å². The standard InChI is InChI=1S/C27H38N2O3.C6H8O7/c1-17(2)15-29-16-18(26(30)31)13-20-19-9-8-10-22-24(19)21(14-23(20)29)25(28-22)27(32-3)11-6-4-5-7-12-27;7-3(8)1-6(13,5(11)12)2-4(9)10/h8-10,17-18,20,23,28H,4-7,11-16H2,1-3H3,(H,30,31);13H,1-2H2,(H,7,8)(H,9,10)(H,11,12)/t18?,20-,23-;/m1./s1. The lowest BCUT2D eigenvalue weighted by Crippen LogP contribution is -2.52. The number of aliphatic carboxylic acids is 4. The molecule has 0 bridgehead atoms. The Morgan fingerprint density at radius 3 is 2.16 bits per heavy atom.